The molecule has 35 heavy (non-hydrogen) atoms. The molecule has 2 aliphatic rings. The van der Waals surface area contributed by atoms with Gasteiger partial charge < -0.3 is 24.8 Å². The average molecular weight is 478 g/mol. The summed E-state index contributed by atoms with van der Waals surface area (Å²) in [5.41, 5.74) is 4.63. The van der Waals surface area contributed by atoms with Crippen molar-refractivity contribution in [3.05, 3.63) is 53.6 Å². The Morgan fingerprint density at radius 2 is 2.09 bits per heavy atom. The molecule has 0 aliphatic carbocycles. The number of anilines is 2. The highest BCUT2D eigenvalue weighted by Gasteiger charge is 2.33. The van der Waals surface area contributed by atoms with E-state index in [4.69, 9.17) is 14.2 Å². The van der Waals surface area contributed by atoms with Crippen molar-refractivity contribution in [3.63, 3.8) is 0 Å². The van der Waals surface area contributed by atoms with Crippen molar-refractivity contribution in [2.45, 2.75) is 26.0 Å². The van der Waals surface area contributed by atoms with Gasteiger partial charge in [0.2, 0.25) is 5.91 Å². The second kappa shape index (κ2) is 9.57. The molecule has 2 aromatic carbocycles. The van der Waals surface area contributed by atoms with E-state index in [2.05, 4.69) is 20.8 Å². The van der Waals surface area contributed by atoms with Crippen LogP contribution < -0.4 is 25.0 Å². The first-order chi connectivity index (χ1) is 17.0. The van der Waals surface area contributed by atoms with Crippen molar-refractivity contribution < 1.29 is 23.8 Å². The van der Waals surface area contributed by atoms with Crippen molar-refractivity contribution in [1.82, 2.24) is 15.5 Å². The minimum absolute atomic E-state index is 0.161. The van der Waals surface area contributed by atoms with Gasteiger partial charge in [-0.3, -0.25) is 14.8 Å². The Labute approximate surface area is 202 Å². The molecule has 3 N–H and O–H groups in total. The van der Waals surface area contributed by atoms with Gasteiger partial charge in [-0.25, -0.2) is 4.79 Å². The van der Waals surface area contributed by atoms with E-state index in [1.54, 1.807) is 12.0 Å². The molecule has 1 atom stereocenters. The lowest BCUT2D eigenvalue weighted by atomic mass is 10.0. The van der Waals surface area contributed by atoms with Gasteiger partial charge in [-0.15, -0.1) is 0 Å². The van der Waals surface area contributed by atoms with Gasteiger partial charge in [0.1, 0.15) is 17.6 Å². The first-order valence-electron chi connectivity index (χ1n) is 11.5. The van der Waals surface area contributed by atoms with Gasteiger partial charge in [0.25, 0.3) is 0 Å². The summed E-state index contributed by atoms with van der Waals surface area (Å²) in [5, 5.41) is 13.8. The van der Waals surface area contributed by atoms with E-state index in [-0.39, 0.29) is 12.5 Å². The number of benzene rings is 2. The van der Waals surface area contributed by atoms with E-state index in [9.17, 15) is 9.59 Å². The number of aromatic nitrogens is 2. The summed E-state index contributed by atoms with van der Waals surface area (Å²) in [6.45, 7) is 3.18. The number of ether oxygens (including phenoxy) is 3. The van der Waals surface area contributed by atoms with Crippen LogP contribution in [-0.4, -0.2) is 55.1 Å². The molecule has 1 saturated heterocycles. The molecule has 0 spiro atoms. The number of nitrogens with one attached hydrogen (secondary N) is 3. The number of cyclic esters (lactones) is 1. The topological polar surface area (TPSA) is 118 Å². The van der Waals surface area contributed by atoms with Crippen molar-refractivity contribution in [2.75, 3.05) is 37.0 Å². The number of aromatic amines is 1. The summed E-state index contributed by atoms with van der Waals surface area (Å²) in [4.78, 5) is 25.1. The van der Waals surface area contributed by atoms with E-state index in [0.717, 1.165) is 34.0 Å². The molecule has 3 aromatic rings. The van der Waals surface area contributed by atoms with E-state index in [1.807, 2.05) is 42.5 Å². The second-order valence-corrected chi connectivity index (χ2v) is 8.46. The molecule has 1 fully saturated rings. The van der Waals surface area contributed by atoms with Gasteiger partial charge in [-0.05, 0) is 29.8 Å². The number of rotatable bonds is 7. The summed E-state index contributed by atoms with van der Waals surface area (Å²) in [5.74, 6) is 2.12. The molecule has 1 aromatic heterocycles. The number of H-pyrrole nitrogens is 1. The summed E-state index contributed by atoms with van der Waals surface area (Å²) in [6.07, 6.45) is -0.156. The first-order valence-corrected chi connectivity index (χ1v) is 11.5. The van der Waals surface area contributed by atoms with Crippen LogP contribution in [0, 0.1) is 0 Å². The third-order valence-corrected chi connectivity index (χ3v) is 6.09. The molecule has 2 aliphatic heterocycles. The zero-order chi connectivity index (χ0) is 24.4. The Bertz CT molecular complexity index is 1240. The third-order valence-electron chi connectivity index (χ3n) is 6.09. The lowest BCUT2D eigenvalue weighted by Gasteiger charge is -2.16. The quantitative estimate of drug-likeness (QED) is 0.479. The van der Waals surface area contributed by atoms with Crippen LogP contribution in [0.2, 0.25) is 0 Å². The molecule has 10 heteroatoms. The maximum Gasteiger partial charge on any atom is 0.414 e. The van der Waals surface area contributed by atoms with Crippen LogP contribution in [0.4, 0.5) is 16.3 Å². The molecule has 182 valence electrons. The Balaban J connectivity index is 1.32. The van der Waals surface area contributed by atoms with Crippen molar-refractivity contribution in [2.24, 2.45) is 0 Å². The summed E-state index contributed by atoms with van der Waals surface area (Å²) in [6, 6.07) is 13.5. The lowest BCUT2D eigenvalue weighted by Crippen LogP contribution is -2.33. The average Bonchev–Trinajstić information content (AvgIpc) is 3.39. The smallest absolute Gasteiger partial charge is 0.414 e. The van der Waals surface area contributed by atoms with Gasteiger partial charge in [0.05, 0.1) is 38.2 Å². The molecule has 0 bridgehead atoms. The van der Waals surface area contributed by atoms with Crippen LogP contribution >= 0.6 is 0 Å². The van der Waals surface area contributed by atoms with Crippen LogP contribution in [0.1, 0.15) is 18.1 Å². The Hall–Kier alpha value is -4.21. The van der Waals surface area contributed by atoms with Crippen molar-refractivity contribution in [1.29, 1.82) is 0 Å². The van der Waals surface area contributed by atoms with Crippen LogP contribution in [-0.2, 0) is 22.5 Å². The number of nitrogens with zero attached hydrogens (tertiary/aromatic N) is 2. The molecular formula is C25H27N5O5. The summed E-state index contributed by atoms with van der Waals surface area (Å²) in [7, 11) is 1.65. The van der Waals surface area contributed by atoms with E-state index >= 15 is 0 Å². The van der Waals surface area contributed by atoms with Gasteiger partial charge in [-0.1, -0.05) is 12.1 Å². The van der Waals surface area contributed by atoms with Gasteiger partial charge in [0, 0.05) is 37.1 Å². The van der Waals surface area contributed by atoms with Crippen LogP contribution in [0.3, 0.4) is 0 Å². The lowest BCUT2D eigenvalue weighted by molar-refractivity contribution is -0.119. The highest BCUT2D eigenvalue weighted by molar-refractivity contribution is 5.91. The zero-order valence-electron chi connectivity index (χ0n) is 19.6. The highest BCUT2D eigenvalue weighted by Crippen LogP contribution is 2.39. The molecule has 2 amide bonds. The standard InChI is InChI=1S/C25H27N5O5/c1-15(31)26-13-19-14-30(25(32)35-19)17-5-8-20-22(11-17)34-10-9-21-23(20)28-29-24(21)27-12-16-3-6-18(33-2)7-4-16/h3-8,11,19H,9-10,12-14H2,1-2H3,(H,26,31)(H2,27,28,29)/t19-/m0/s1. The minimum atomic E-state index is -0.443. The van der Waals surface area contributed by atoms with Gasteiger partial charge >= 0.3 is 6.09 Å². The highest BCUT2D eigenvalue weighted by atomic mass is 16.6. The van der Waals surface area contributed by atoms with Gasteiger partial charge in [0.15, 0.2) is 5.82 Å². The number of amides is 2. The summed E-state index contributed by atoms with van der Waals surface area (Å²) < 4.78 is 16.6. The number of carbonyl (C=O) groups is 2. The first kappa shape index (κ1) is 22.6. The Morgan fingerprint density at radius 3 is 2.86 bits per heavy atom. The van der Waals surface area contributed by atoms with Crippen LogP contribution in [0.5, 0.6) is 11.5 Å². The number of hydrogen-bond donors (Lipinski definition) is 3. The Morgan fingerprint density at radius 1 is 1.26 bits per heavy atom. The summed E-state index contributed by atoms with van der Waals surface area (Å²) >= 11 is 0. The molecule has 3 heterocycles. The van der Waals surface area contributed by atoms with Crippen LogP contribution in [0.15, 0.2) is 42.5 Å². The van der Waals surface area contributed by atoms with E-state index < -0.39 is 12.2 Å². The van der Waals surface area contributed by atoms with E-state index in [0.29, 0.717) is 37.6 Å². The molecule has 0 unspecified atom stereocenters. The molecule has 10 nitrogen and oxygen atoms in total. The maximum absolute atomic E-state index is 12.4. The van der Waals surface area contributed by atoms with Crippen molar-refractivity contribution in [3.8, 4) is 22.8 Å². The normalized spacial score (nSPS) is 16.5. The van der Waals surface area contributed by atoms with Crippen LogP contribution in [0.25, 0.3) is 11.3 Å². The monoisotopic (exact) mass is 477 g/mol. The predicted octanol–water partition coefficient (Wildman–Crippen LogP) is 3.09. The fraction of sp³-hybridized carbons (Fsp3) is 0.320. The SMILES string of the molecule is COc1ccc(CNc2n[nH]c3c2CCOc2cc(N4C[C@H](CNC(C)=O)OC4=O)ccc2-3)cc1. The third kappa shape index (κ3) is 4.72. The minimum Gasteiger partial charge on any atom is -0.497 e. The molecular weight excluding hydrogens is 450 g/mol. The fourth-order valence-electron chi connectivity index (χ4n) is 4.27. The fourth-order valence-corrected chi connectivity index (χ4v) is 4.27. The predicted molar refractivity (Wildman–Crippen MR) is 130 cm³/mol. The number of methoxy groups -OCH3 is 1. The molecule has 0 saturated carbocycles. The van der Waals surface area contributed by atoms with Gasteiger partial charge in [-0.2, -0.15) is 5.10 Å². The molecule has 0 radical (unpaired) electrons. The van der Waals surface area contributed by atoms with Crippen molar-refractivity contribution >= 4 is 23.5 Å². The second-order valence-electron chi connectivity index (χ2n) is 8.46. The number of fused-ring (bicyclic) bond motifs is 3. The number of carbonyl (C=O) groups excluding carboxylic acids is 2. The molecule has 5 rings (SSSR count). The number of hydrogen-bond acceptors (Lipinski definition) is 7. The Kier molecular flexibility index (Phi) is 6.17. The zero-order valence-corrected chi connectivity index (χ0v) is 19.6. The maximum atomic E-state index is 12.4. The van der Waals surface area contributed by atoms with E-state index in [1.165, 1.54) is 6.92 Å². The largest absolute Gasteiger partial charge is 0.497 e.